The average molecular weight is 751 g/mol. The van der Waals surface area contributed by atoms with Gasteiger partial charge in [-0.2, -0.15) is 8.78 Å². The third kappa shape index (κ3) is 8.82. The Morgan fingerprint density at radius 1 is 0.920 bits per heavy atom. The molecule has 50 heavy (non-hydrogen) atoms. The van der Waals surface area contributed by atoms with Crippen LogP contribution in [0, 0.1) is 29.5 Å². The molecule has 1 heterocycles. The van der Waals surface area contributed by atoms with Gasteiger partial charge in [-0.15, -0.1) is 0 Å². The number of allylic oxidation sites excluding steroid dienone is 3. The predicted molar refractivity (Wildman–Crippen MR) is 170 cm³/mol. The molecule has 0 N–H and O–H groups in total. The Morgan fingerprint density at radius 3 is 2.18 bits per heavy atom. The molecular weight excluding hydrogens is 712 g/mol. The molecule has 2 unspecified atom stereocenters. The molecular formula is C34H38F12N2OS. The van der Waals surface area contributed by atoms with Crippen molar-refractivity contribution in [1.29, 1.82) is 0 Å². The van der Waals surface area contributed by atoms with Crippen molar-refractivity contribution in [3.8, 4) is 0 Å². The van der Waals surface area contributed by atoms with Gasteiger partial charge in [-0.25, -0.2) is 26.9 Å². The van der Waals surface area contributed by atoms with Crippen molar-refractivity contribution >= 4 is 27.8 Å². The van der Waals surface area contributed by atoms with E-state index in [0.29, 0.717) is 24.6 Å². The van der Waals surface area contributed by atoms with Gasteiger partial charge in [0.25, 0.3) is 10.2 Å². The second kappa shape index (κ2) is 13.7. The third-order valence-corrected chi connectivity index (χ3v) is 11.4. The molecule has 0 saturated heterocycles. The predicted octanol–water partition coefficient (Wildman–Crippen LogP) is 12.1. The molecule has 280 valence electrons. The van der Waals surface area contributed by atoms with Gasteiger partial charge in [0, 0.05) is 36.2 Å². The van der Waals surface area contributed by atoms with Gasteiger partial charge in [0.15, 0.2) is 11.1 Å². The molecule has 1 fully saturated rings. The molecule has 0 spiro atoms. The molecule has 5 rings (SSSR count). The molecule has 0 aromatic heterocycles. The number of aliphatic imine (C=N–C) groups is 2. The van der Waals surface area contributed by atoms with E-state index in [1.807, 2.05) is 6.21 Å². The molecule has 1 aromatic rings. The summed E-state index contributed by atoms with van der Waals surface area (Å²) in [6.45, 7) is 2.66. The minimum absolute atomic E-state index is 0.158. The molecule has 1 aromatic carbocycles. The second-order valence-electron chi connectivity index (χ2n) is 13.6. The lowest BCUT2D eigenvalue weighted by Gasteiger charge is -2.48. The smallest absolute Gasteiger partial charge is 0.312 e. The number of ether oxygens (including phenoxy) is 1. The Morgan fingerprint density at radius 2 is 1.62 bits per heavy atom. The van der Waals surface area contributed by atoms with E-state index in [0.717, 1.165) is 30.9 Å². The molecule has 0 amide bonds. The summed E-state index contributed by atoms with van der Waals surface area (Å²) in [5, 5.41) is -4.47. The van der Waals surface area contributed by atoms with Crippen molar-refractivity contribution in [2.24, 2.45) is 33.7 Å². The second-order valence-corrected chi connectivity index (χ2v) is 16.2. The van der Waals surface area contributed by atoms with Crippen LogP contribution in [-0.2, 0) is 4.74 Å². The van der Waals surface area contributed by atoms with Gasteiger partial charge in [-0.3, -0.25) is 4.99 Å². The summed E-state index contributed by atoms with van der Waals surface area (Å²) < 4.78 is 172. The number of hydrogen-bond donors (Lipinski definition) is 0. The third-order valence-electron chi connectivity index (χ3n) is 9.89. The van der Waals surface area contributed by atoms with E-state index in [4.69, 9.17) is 0 Å². The van der Waals surface area contributed by atoms with E-state index in [2.05, 4.69) is 21.6 Å². The molecule has 1 saturated carbocycles. The van der Waals surface area contributed by atoms with Crippen LogP contribution >= 0.6 is 10.2 Å². The minimum atomic E-state index is -10.8. The average Bonchev–Trinajstić information content (AvgIpc) is 2.99. The molecule has 3 nitrogen and oxygen atoms in total. The van der Waals surface area contributed by atoms with E-state index in [1.54, 1.807) is 0 Å². The monoisotopic (exact) mass is 750 g/mol. The Hall–Kier alpha value is -2.75. The van der Waals surface area contributed by atoms with Crippen molar-refractivity contribution in [2.75, 3.05) is 6.54 Å². The topological polar surface area (TPSA) is 34.0 Å². The molecule has 4 aliphatic rings. The molecule has 0 radical (unpaired) electrons. The van der Waals surface area contributed by atoms with Gasteiger partial charge in [0.2, 0.25) is 0 Å². The van der Waals surface area contributed by atoms with Crippen LogP contribution in [0.5, 0.6) is 0 Å². The van der Waals surface area contributed by atoms with E-state index >= 15 is 8.78 Å². The summed E-state index contributed by atoms with van der Waals surface area (Å²) in [6, 6.07) is 3.60. The number of hydrogen-bond acceptors (Lipinski definition) is 3. The van der Waals surface area contributed by atoms with Crippen LogP contribution in [0.25, 0.3) is 5.57 Å². The van der Waals surface area contributed by atoms with Gasteiger partial charge in [0.1, 0.15) is 35.7 Å². The van der Waals surface area contributed by atoms with Crippen molar-refractivity contribution in [2.45, 2.75) is 94.5 Å². The zero-order valence-corrected chi connectivity index (χ0v) is 27.8. The first-order valence-electron chi connectivity index (χ1n) is 16.6. The summed E-state index contributed by atoms with van der Waals surface area (Å²) in [6.07, 6.45) is -4.15. The quantitative estimate of drug-likeness (QED) is 0.164. The summed E-state index contributed by atoms with van der Waals surface area (Å²) in [7, 11) is -10.8. The number of nitrogens with zero attached hydrogens (tertiary/aromatic N) is 2. The first-order valence-corrected chi connectivity index (χ1v) is 18.6. The van der Waals surface area contributed by atoms with Crippen LogP contribution < -0.4 is 0 Å². The van der Waals surface area contributed by atoms with Crippen molar-refractivity contribution in [1.82, 2.24) is 0 Å². The van der Waals surface area contributed by atoms with E-state index in [-0.39, 0.29) is 22.9 Å². The van der Waals surface area contributed by atoms with Crippen molar-refractivity contribution in [3.05, 3.63) is 65.0 Å². The highest BCUT2D eigenvalue weighted by molar-refractivity contribution is 8.46. The molecule has 6 atom stereocenters. The van der Waals surface area contributed by atoms with E-state index in [9.17, 15) is 41.4 Å². The Kier molecular flexibility index (Phi) is 10.5. The van der Waals surface area contributed by atoms with Gasteiger partial charge in [-0.05, 0) is 54.5 Å². The number of amidine groups is 1. The van der Waals surface area contributed by atoms with Crippen LogP contribution in [-0.4, -0.2) is 48.4 Å². The fourth-order valence-corrected chi connectivity index (χ4v) is 8.46. The van der Waals surface area contributed by atoms with Crippen molar-refractivity contribution in [3.63, 3.8) is 0 Å². The first-order chi connectivity index (χ1) is 23.2. The fraction of sp³-hybridized carbons (Fsp3) is 0.588. The maximum atomic E-state index is 15.2. The lowest BCUT2D eigenvalue weighted by Crippen LogP contribution is -2.45. The molecule has 0 bridgehead atoms. The van der Waals surface area contributed by atoms with Gasteiger partial charge < -0.3 is 4.74 Å². The molecule has 16 heteroatoms. The highest BCUT2D eigenvalue weighted by Crippen LogP contribution is 3.01. The Bertz CT molecular complexity index is 1580. The van der Waals surface area contributed by atoms with Gasteiger partial charge in [0.05, 0.1) is 6.10 Å². The summed E-state index contributed by atoms with van der Waals surface area (Å²) in [5.74, 6) is -7.08. The van der Waals surface area contributed by atoms with E-state index in [1.165, 1.54) is 44.6 Å². The highest BCUT2D eigenvalue weighted by Gasteiger charge is 2.75. The standard InChI is InChI=1S/C34H38F12N2OS/c1-2-3-4-5-19-6-8-20(9-7-19)23-17-47-33(48-18-23)21-10-11-25(26(35)12-21)22-13-27(36)31(28(37)14-22)34(40,41)49-24-15-29(38)32(30(39)16-24)50(42,43,44,45)46/h10-15,17,19-20,23-24,27,30-32H,2-9,16,18H2,1H3/t19?,20?,23-,24-,27-,30?,31?,32+/m0/s1. The Labute approximate surface area is 282 Å². The van der Waals surface area contributed by atoms with Gasteiger partial charge >= 0.3 is 6.11 Å². The van der Waals surface area contributed by atoms with Crippen LogP contribution in [0.2, 0.25) is 0 Å². The summed E-state index contributed by atoms with van der Waals surface area (Å²) in [5.41, 5.74) is -0.540. The zero-order chi connectivity index (χ0) is 36.7. The van der Waals surface area contributed by atoms with Crippen LogP contribution in [0.15, 0.2) is 58.1 Å². The summed E-state index contributed by atoms with van der Waals surface area (Å²) in [4.78, 5) is 8.96. The van der Waals surface area contributed by atoms with Crippen LogP contribution in [0.4, 0.5) is 50.2 Å². The SMILES string of the molecule is CCCCCC1CCC([C@H]2C=NC(c3ccc(C4=C[C@H](F)C(C(F)(F)O[C@H]5C=C(F)[C@@H](S(F)(F)(F)(F)F)C(F)C5)C(F)=C4)c(F)c3)=NC2)CC1. The molecule has 3 aliphatic carbocycles. The van der Waals surface area contributed by atoms with Crippen LogP contribution in [0.3, 0.4) is 0 Å². The van der Waals surface area contributed by atoms with Gasteiger partial charge in [-0.1, -0.05) is 77.0 Å². The Balaban J connectivity index is 1.22. The lowest BCUT2D eigenvalue weighted by atomic mass is 9.74. The first kappa shape index (κ1) is 38.5. The summed E-state index contributed by atoms with van der Waals surface area (Å²) >= 11 is 0. The normalized spacial score (nSPS) is 32.3. The highest BCUT2D eigenvalue weighted by atomic mass is 32.5. The number of alkyl halides is 4. The number of benzene rings is 1. The lowest BCUT2D eigenvalue weighted by molar-refractivity contribution is -0.289. The number of halogens is 12. The number of unbranched alkanes of at least 4 members (excludes halogenated alkanes) is 2. The largest absolute Gasteiger partial charge is 0.368 e. The maximum absolute atomic E-state index is 15.2. The minimum Gasteiger partial charge on any atom is -0.312 e. The maximum Gasteiger partial charge on any atom is 0.368 e. The molecule has 1 aliphatic heterocycles. The van der Waals surface area contributed by atoms with Crippen molar-refractivity contribution < 1.29 is 54.9 Å². The van der Waals surface area contributed by atoms with Crippen LogP contribution in [0.1, 0.15) is 75.8 Å². The zero-order valence-electron chi connectivity index (χ0n) is 27.0. The number of rotatable bonds is 11. The fourth-order valence-electron chi connectivity index (χ4n) is 7.29. The van der Waals surface area contributed by atoms with E-state index < -0.39 is 81.5 Å².